The Labute approximate surface area is 197 Å². The summed E-state index contributed by atoms with van der Waals surface area (Å²) in [7, 11) is 0. The average molecular weight is 446 g/mol. The second kappa shape index (κ2) is 10.8. The van der Waals surface area contributed by atoms with Crippen molar-refractivity contribution in [2.75, 3.05) is 0 Å². The van der Waals surface area contributed by atoms with Crippen molar-refractivity contribution < 1.29 is 9.32 Å². The maximum Gasteiger partial charge on any atom is 0.276 e. The third-order valence-corrected chi connectivity index (χ3v) is 6.68. The number of amides is 1. The molecule has 4 rings (SSSR count). The summed E-state index contributed by atoms with van der Waals surface area (Å²) in [6, 6.07) is 19.6. The predicted molar refractivity (Wildman–Crippen MR) is 131 cm³/mol. The molecule has 0 saturated heterocycles. The van der Waals surface area contributed by atoms with Crippen molar-refractivity contribution in [3.63, 3.8) is 0 Å². The van der Waals surface area contributed by atoms with Gasteiger partial charge in [0.2, 0.25) is 0 Å². The molecule has 3 aromatic rings. The van der Waals surface area contributed by atoms with E-state index in [2.05, 4.69) is 72.9 Å². The molecule has 1 aliphatic carbocycles. The van der Waals surface area contributed by atoms with Gasteiger partial charge in [0.1, 0.15) is 5.76 Å². The Morgan fingerprint density at radius 2 is 1.76 bits per heavy atom. The summed E-state index contributed by atoms with van der Waals surface area (Å²) in [6.07, 6.45) is 4.83. The zero-order valence-electron chi connectivity index (χ0n) is 20.0. The molecule has 1 heterocycles. The number of carbonyl (C=O) groups is 1. The molecule has 0 atom stereocenters. The van der Waals surface area contributed by atoms with Gasteiger partial charge in [-0.05, 0) is 50.7 Å². The van der Waals surface area contributed by atoms with Gasteiger partial charge < -0.3 is 14.7 Å². The fourth-order valence-electron chi connectivity index (χ4n) is 4.66. The molecule has 5 heteroatoms. The van der Waals surface area contributed by atoms with Crippen LogP contribution >= 0.6 is 0 Å². The molecule has 33 heavy (non-hydrogen) atoms. The van der Waals surface area contributed by atoms with E-state index in [9.17, 15) is 4.79 Å². The van der Waals surface area contributed by atoms with E-state index in [0.29, 0.717) is 18.3 Å². The molecule has 5 nitrogen and oxygen atoms in total. The van der Waals surface area contributed by atoms with Crippen LogP contribution in [0.25, 0.3) is 0 Å². The molecule has 1 aromatic heterocycles. The Balaban J connectivity index is 1.42. The topological polar surface area (TPSA) is 58.4 Å². The van der Waals surface area contributed by atoms with Crippen LogP contribution in [0, 0.1) is 13.8 Å². The minimum absolute atomic E-state index is 0.0315. The first-order valence-electron chi connectivity index (χ1n) is 12.1. The molecular formula is C28H35N3O2. The third-order valence-electron chi connectivity index (χ3n) is 6.68. The van der Waals surface area contributed by atoms with Crippen LogP contribution in [-0.2, 0) is 19.5 Å². The van der Waals surface area contributed by atoms with Crippen LogP contribution in [0.5, 0.6) is 0 Å². The summed E-state index contributed by atoms with van der Waals surface area (Å²) in [6.45, 7) is 7.70. The molecule has 1 N–H and O–H groups in total. The second-order valence-electron chi connectivity index (χ2n) is 9.33. The summed E-state index contributed by atoms with van der Waals surface area (Å²) >= 11 is 0. The fourth-order valence-corrected chi connectivity index (χ4v) is 4.66. The van der Waals surface area contributed by atoms with Gasteiger partial charge in [-0.3, -0.25) is 4.79 Å². The Morgan fingerprint density at radius 1 is 1.00 bits per heavy atom. The second-order valence-corrected chi connectivity index (χ2v) is 9.33. The van der Waals surface area contributed by atoms with Gasteiger partial charge in [-0.1, -0.05) is 71.7 Å². The van der Waals surface area contributed by atoms with Gasteiger partial charge in [0.25, 0.3) is 5.91 Å². The van der Waals surface area contributed by atoms with Crippen LogP contribution in [-0.4, -0.2) is 28.0 Å². The number of nitrogens with zero attached hydrogens (tertiary/aromatic N) is 2. The number of hydrogen-bond acceptors (Lipinski definition) is 4. The zero-order chi connectivity index (χ0) is 23.2. The van der Waals surface area contributed by atoms with E-state index in [0.717, 1.165) is 50.0 Å². The Bertz CT molecular complexity index is 1050. The number of nitrogens with one attached hydrogen (secondary N) is 1. The van der Waals surface area contributed by atoms with Crippen LogP contribution in [0.2, 0.25) is 0 Å². The summed E-state index contributed by atoms with van der Waals surface area (Å²) < 4.78 is 5.33. The predicted octanol–water partition coefficient (Wildman–Crippen LogP) is 5.60. The van der Waals surface area contributed by atoms with Crippen molar-refractivity contribution in [1.82, 2.24) is 15.4 Å². The lowest BCUT2D eigenvalue weighted by Crippen LogP contribution is -2.45. The van der Waals surface area contributed by atoms with E-state index in [4.69, 9.17) is 4.52 Å². The number of aromatic nitrogens is 1. The van der Waals surface area contributed by atoms with Crippen molar-refractivity contribution in [2.45, 2.75) is 78.0 Å². The SMILES string of the molecule is CCc1cc(C(=O)N(Cc2cccc(C)c2)C2CCC(NCc3ccc(C)cc3)CC2)no1. The summed E-state index contributed by atoms with van der Waals surface area (Å²) in [5.41, 5.74) is 5.38. The first-order chi connectivity index (χ1) is 16.0. The van der Waals surface area contributed by atoms with Gasteiger partial charge >= 0.3 is 0 Å². The Kier molecular flexibility index (Phi) is 7.61. The molecule has 174 valence electrons. The van der Waals surface area contributed by atoms with E-state index in [1.165, 1.54) is 16.7 Å². The van der Waals surface area contributed by atoms with Crippen molar-refractivity contribution in [1.29, 1.82) is 0 Å². The smallest absolute Gasteiger partial charge is 0.276 e. The lowest BCUT2D eigenvalue weighted by atomic mass is 9.89. The fraction of sp³-hybridized carbons (Fsp3) is 0.429. The van der Waals surface area contributed by atoms with Gasteiger partial charge in [-0.15, -0.1) is 0 Å². The molecule has 2 aromatic carbocycles. The van der Waals surface area contributed by atoms with Gasteiger partial charge in [0.15, 0.2) is 5.69 Å². The van der Waals surface area contributed by atoms with Gasteiger partial charge in [0, 0.05) is 37.7 Å². The number of hydrogen-bond donors (Lipinski definition) is 1. The van der Waals surface area contributed by atoms with Crippen LogP contribution in [0.15, 0.2) is 59.1 Å². The summed E-state index contributed by atoms with van der Waals surface area (Å²) in [4.78, 5) is 15.5. The minimum Gasteiger partial charge on any atom is -0.361 e. The molecule has 0 bridgehead atoms. The van der Waals surface area contributed by atoms with E-state index in [1.54, 1.807) is 6.07 Å². The van der Waals surface area contributed by atoms with E-state index >= 15 is 0 Å². The highest BCUT2D eigenvalue weighted by Crippen LogP contribution is 2.27. The maximum absolute atomic E-state index is 13.5. The molecule has 1 amide bonds. The first kappa shape index (κ1) is 23.2. The lowest BCUT2D eigenvalue weighted by Gasteiger charge is -2.37. The quantitative estimate of drug-likeness (QED) is 0.490. The number of rotatable bonds is 8. The average Bonchev–Trinajstić information content (AvgIpc) is 3.32. The largest absolute Gasteiger partial charge is 0.361 e. The van der Waals surface area contributed by atoms with Gasteiger partial charge in [0.05, 0.1) is 0 Å². The van der Waals surface area contributed by atoms with Crippen molar-refractivity contribution in [2.24, 2.45) is 0 Å². The maximum atomic E-state index is 13.5. The highest BCUT2D eigenvalue weighted by Gasteiger charge is 2.31. The van der Waals surface area contributed by atoms with Crippen molar-refractivity contribution in [3.8, 4) is 0 Å². The van der Waals surface area contributed by atoms with Crippen LogP contribution in [0.1, 0.15) is 71.1 Å². The van der Waals surface area contributed by atoms with Gasteiger partial charge in [-0.25, -0.2) is 0 Å². The molecule has 1 saturated carbocycles. The molecule has 0 radical (unpaired) electrons. The number of carbonyl (C=O) groups excluding carboxylic acids is 1. The molecule has 0 unspecified atom stereocenters. The van der Waals surface area contributed by atoms with Crippen molar-refractivity contribution in [3.05, 3.63) is 88.3 Å². The van der Waals surface area contributed by atoms with E-state index in [-0.39, 0.29) is 11.9 Å². The summed E-state index contributed by atoms with van der Waals surface area (Å²) in [5.74, 6) is 0.717. The van der Waals surface area contributed by atoms with Crippen LogP contribution in [0.4, 0.5) is 0 Å². The molecule has 0 spiro atoms. The van der Waals surface area contributed by atoms with Crippen LogP contribution < -0.4 is 5.32 Å². The molecule has 1 fully saturated rings. The van der Waals surface area contributed by atoms with Gasteiger partial charge in [-0.2, -0.15) is 0 Å². The third kappa shape index (κ3) is 6.11. The van der Waals surface area contributed by atoms with Crippen LogP contribution in [0.3, 0.4) is 0 Å². The highest BCUT2D eigenvalue weighted by molar-refractivity contribution is 5.92. The zero-order valence-corrected chi connectivity index (χ0v) is 20.0. The highest BCUT2D eigenvalue weighted by atomic mass is 16.5. The summed E-state index contributed by atoms with van der Waals surface area (Å²) in [5, 5.41) is 7.78. The molecular weight excluding hydrogens is 410 g/mol. The van der Waals surface area contributed by atoms with Crippen molar-refractivity contribution >= 4 is 5.91 Å². The number of aryl methyl sites for hydroxylation is 3. The standard InChI is InChI=1S/C28H35N3O2/c1-4-26-17-27(30-33-26)28(32)31(19-23-7-5-6-21(3)16-23)25-14-12-24(13-15-25)29-18-22-10-8-20(2)9-11-22/h5-11,16-17,24-25,29H,4,12-15,18-19H2,1-3H3. The molecule has 0 aliphatic heterocycles. The minimum atomic E-state index is -0.0315. The van der Waals surface area contributed by atoms with E-state index in [1.807, 2.05) is 11.8 Å². The first-order valence-corrected chi connectivity index (χ1v) is 12.1. The normalized spacial score (nSPS) is 18.3. The monoisotopic (exact) mass is 445 g/mol. The lowest BCUT2D eigenvalue weighted by molar-refractivity contribution is 0.0588. The van der Waals surface area contributed by atoms with E-state index < -0.39 is 0 Å². The Morgan fingerprint density at radius 3 is 2.42 bits per heavy atom. The number of benzene rings is 2. The Hall–Kier alpha value is -2.92. The molecule has 1 aliphatic rings.